The zero-order valence-electron chi connectivity index (χ0n) is 16.3. The Kier molecular flexibility index (Phi) is 7.82. The maximum atomic E-state index is 13.1. The lowest BCUT2D eigenvalue weighted by atomic mass is 10.0. The summed E-state index contributed by atoms with van der Waals surface area (Å²) in [6.45, 7) is 2.94. The van der Waals surface area contributed by atoms with Crippen LogP contribution in [0.2, 0.25) is 10.0 Å². The van der Waals surface area contributed by atoms with Crippen molar-refractivity contribution in [2.45, 2.75) is 25.3 Å². The van der Waals surface area contributed by atoms with Crippen molar-refractivity contribution in [1.29, 1.82) is 0 Å². The number of nitrogens with zero attached hydrogens (tertiary/aromatic N) is 3. The number of isothiocyanates is 1. The van der Waals surface area contributed by atoms with Crippen LogP contribution in [-0.2, 0) is 11.2 Å². The number of likely N-dealkylation sites (N-methyl/N-ethyl adjacent to an activating group) is 1. The first-order valence-electron chi connectivity index (χ1n) is 9.57. The van der Waals surface area contributed by atoms with Gasteiger partial charge in [-0.1, -0.05) is 41.4 Å². The predicted molar refractivity (Wildman–Crippen MR) is 122 cm³/mol. The molecule has 0 saturated carbocycles. The van der Waals surface area contributed by atoms with Crippen LogP contribution in [0.3, 0.4) is 0 Å². The number of carbonyl (C=O) groups excluding carboxylic acids is 1. The number of aliphatic imine (C=N–C) groups is 1. The van der Waals surface area contributed by atoms with Gasteiger partial charge >= 0.3 is 0 Å². The highest BCUT2D eigenvalue weighted by molar-refractivity contribution is 7.78. The van der Waals surface area contributed by atoms with Crippen molar-refractivity contribution in [3.63, 3.8) is 0 Å². The minimum Gasteiger partial charge on any atom is -0.337 e. The van der Waals surface area contributed by atoms with E-state index in [4.69, 9.17) is 23.2 Å². The molecule has 29 heavy (non-hydrogen) atoms. The number of rotatable bonds is 7. The van der Waals surface area contributed by atoms with E-state index in [0.717, 1.165) is 36.4 Å². The van der Waals surface area contributed by atoms with Crippen molar-refractivity contribution in [2.75, 3.05) is 26.7 Å². The van der Waals surface area contributed by atoms with Gasteiger partial charge in [-0.05, 0) is 73.5 Å². The fourth-order valence-electron chi connectivity index (χ4n) is 3.61. The summed E-state index contributed by atoms with van der Waals surface area (Å²) in [4.78, 5) is 21.3. The third-order valence-corrected chi connectivity index (χ3v) is 6.11. The summed E-state index contributed by atoms with van der Waals surface area (Å²) < 4.78 is 0. The highest BCUT2D eigenvalue weighted by Gasteiger charge is 2.25. The largest absolute Gasteiger partial charge is 0.337 e. The molecule has 0 aromatic heterocycles. The standard InChI is InChI=1S/C22H23Cl2N3OS/c1-26(22(28)13-16-4-9-19(23)20(24)12-16)21(14-27-10-2-3-11-27)17-5-7-18(8-6-17)25-15-29/h4-9,12,21H,2-3,10-11,13-14H2,1H3. The van der Waals surface area contributed by atoms with Gasteiger partial charge in [0.1, 0.15) is 0 Å². The first kappa shape index (κ1) is 21.9. The number of carbonyl (C=O) groups is 1. The van der Waals surface area contributed by atoms with E-state index >= 15 is 0 Å². The van der Waals surface area contributed by atoms with Crippen LogP contribution < -0.4 is 0 Å². The zero-order valence-corrected chi connectivity index (χ0v) is 18.6. The third-order valence-electron chi connectivity index (χ3n) is 5.28. The summed E-state index contributed by atoms with van der Waals surface area (Å²) in [5, 5.41) is 3.33. The summed E-state index contributed by atoms with van der Waals surface area (Å²) in [7, 11) is 1.86. The van der Waals surface area contributed by atoms with Gasteiger partial charge in [-0.2, -0.15) is 4.99 Å². The van der Waals surface area contributed by atoms with Crippen LogP contribution in [0.4, 0.5) is 5.69 Å². The fraction of sp³-hybridized carbons (Fsp3) is 0.364. The highest BCUT2D eigenvalue weighted by atomic mass is 35.5. The molecule has 0 aliphatic carbocycles. The normalized spacial score (nSPS) is 15.0. The molecule has 1 fully saturated rings. The molecule has 152 valence electrons. The van der Waals surface area contributed by atoms with Crippen LogP contribution in [0.1, 0.15) is 30.0 Å². The molecule has 1 heterocycles. The summed E-state index contributed by atoms with van der Waals surface area (Å²) in [6, 6.07) is 13.1. The van der Waals surface area contributed by atoms with Crippen molar-refractivity contribution in [3.8, 4) is 0 Å². The first-order valence-corrected chi connectivity index (χ1v) is 10.7. The Labute approximate surface area is 187 Å². The molecule has 1 atom stereocenters. The molecule has 1 aliphatic heterocycles. The Balaban J connectivity index is 1.80. The van der Waals surface area contributed by atoms with Crippen LogP contribution in [0, 0.1) is 0 Å². The number of thiocarbonyl (C=S) groups is 1. The molecule has 1 unspecified atom stereocenters. The van der Waals surface area contributed by atoms with E-state index in [-0.39, 0.29) is 18.4 Å². The second-order valence-corrected chi connectivity index (χ2v) is 8.24. The van der Waals surface area contributed by atoms with Crippen LogP contribution in [0.5, 0.6) is 0 Å². The van der Waals surface area contributed by atoms with E-state index in [1.54, 1.807) is 12.1 Å². The number of hydrogen-bond acceptors (Lipinski definition) is 4. The Morgan fingerprint density at radius 1 is 1.17 bits per heavy atom. The van der Waals surface area contributed by atoms with Gasteiger partial charge in [-0.25, -0.2) is 0 Å². The number of halogens is 2. The highest BCUT2D eigenvalue weighted by Crippen LogP contribution is 2.27. The van der Waals surface area contributed by atoms with Crippen LogP contribution >= 0.6 is 35.4 Å². The van der Waals surface area contributed by atoms with Crippen molar-refractivity contribution < 1.29 is 4.79 Å². The number of likely N-dealkylation sites (tertiary alicyclic amines) is 1. The Morgan fingerprint density at radius 3 is 2.48 bits per heavy atom. The van der Waals surface area contributed by atoms with E-state index in [1.807, 2.05) is 42.3 Å². The van der Waals surface area contributed by atoms with Gasteiger partial charge in [0, 0.05) is 13.6 Å². The first-order chi connectivity index (χ1) is 14.0. The van der Waals surface area contributed by atoms with E-state index in [0.29, 0.717) is 10.0 Å². The average molecular weight is 448 g/mol. The van der Waals surface area contributed by atoms with E-state index in [9.17, 15) is 4.79 Å². The quantitative estimate of drug-likeness (QED) is 0.411. The topological polar surface area (TPSA) is 35.9 Å². The van der Waals surface area contributed by atoms with Crippen molar-refractivity contribution in [3.05, 3.63) is 63.6 Å². The van der Waals surface area contributed by atoms with E-state index in [2.05, 4.69) is 27.3 Å². The molecule has 4 nitrogen and oxygen atoms in total. The Hall–Kier alpha value is -1.75. The van der Waals surface area contributed by atoms with Crippen molar-refractivity contribution >= 4 is 52.2 Å². The van der Waals surface area contributed by atoms with E-state index in [1.165, 1.54) is 12.8 Å². The molecule has 0 N–H and O–H groups in total. The molecule has 0 radical (unpaired) electrons. The number of benzene rings is 2. The van der Waals surface area contributed by atoms with Crippen LogP contribution in [0.25, 0.3) is 0 Å². The van der Waals surface area contributed by atoms with Gasteiger partial charge in [0.05, 0.1) is 33.4 Å². The Morgan fingerprint density at radius 2 is 1.86 bits per heavy atom. The summed E-state index contributed by atoms with van der Waals surface area (Å²) in [5.74, 6) is 0.0357. The lowest BCUT2D eigenvalue weighted by Crippen LogP contribution is -2.39. The minimum atomic E-state index is -0.0473. The van der Waals surface area contributed by atoms with E-state index < -0.39 is 0 Å². The molecule has 1 saturated heterocycles. The van der Waals surface area contributed by atoms with Gasteiger partial charge in [-0.3, -0.25) is 4.79 Å². The van der Waals surface area contributed by atoms with Crippen molar-refractivity contribution in [2.24, 2.45) is 4.99 Å². The number of amides is 1. The second kappa shape index (κ2) is 10.3. The molecule has 2 aromatic carbocycles. The molecule has 3 rings (SSSR count). The molecular weight excluding hydrogens is 425 g/mol. The average Bonchev–Trinajstić information content (AvgIpc) is 3.23. The monoisotopic (exact) mass is 447 g/mol. The molecule has 1 aliphatic rings. The molecule has 2 aromatic rings. The van der Waals surface area contributed by atoms with Gasteiger partial charge in [-0.15, -0.1) is 0 Å². The van der Waals surface area contributed by atoms with Gasteiger partial charge in [0.15, 0.2) is 0 Å². The van der Waals surface area contributed by atoms with Crippen LogP contribution in [0.15, 0.2) is 47.5 Å². The lowest BCUT2D eigenvalue weighted by Gasteiger charge is -2.32. The smallest absolute Gasteiger partial charge is 0.227 e. The molecule has 0 spiro atoms. The number of hydrogen-bond donors (Lipinski definition) is 0. The molecule has 7 heteroatoms. The minimum absolute atomic E-state index is 0.0357. The zero-order chi connectivity index (χ0) is 20.8. The molecule has 0 bridgehead atoms. The molecular formula is C22H23Cl2N3OS. The van der Waals surface area contributed by atoms with Gasteiger partial charge in [0.25, 0.3) is 0 Å². The van der Waals surface area contributed by atoms with Gasteiger partial charge in [0.2, 0.25) is 5.91 Å². The second-order valence-electron chi connectivity index (χ2n) is 7.25. The van der Waals surface area contributed by atoms with Crippen LogP contribution in [-0.4, -0.2) is 47.6 Å². The van der Waals surface area contributed by atoms with Gasteiger partial charge < -0.3 is 9.80 Å². The lowest BCUT2D eigenvalue weighted by molar-refractivity contribution is -0.131. The maximum Gasteiger partial charge on any atom is 0.227 e. The fourth-order valence-corrected chi connectivity index (χ4v) is 4.03. The SMILES string of the molecule is CN(C(=O)Cc1ccc(Cl)c(Cl)c1)C(CN1CCCC1)c1ccc(N=C=S)cc1. The summed E-state index contributed by atoms with van der Waals surface area (Å²) >= 11 is 16.8. The Bertz CT molecular complexity index is 907. The molecule has 1 amide bonds. The summed E-state index contributed by atoms with van der Waals surface area (Å²) in [5.41, 5.74) is 2.68. The van der Waals surface area contributed by atoms with Crippen molar-refractivity contribution in [1.82, 2.24) is 9.80 Å². The predicted octanol–water partition coefficient (Wildman–Crippen LogP) is 5.57. The summed E-state index contributed by atoms with van der Waals surface area (Å²) in [6.07, 6.45) is 2.68. The maximum absolute atomic E-state index is 13.1. The third kappa shape index (κ3) is 5.88.